The number of hydrogen-bond donors (Lipinski definition) is 1. The maximum atomic E-state index is 12.7. The lowest BCUT2D eigenvalue weighted by Gasteiger charge is -2.27. The largest absolute Gasteiger partial charge is 0.352 e. The predicted octanol–water partition coefficient (Wildman–Crippen LogP) is 1.70. The van der Waals surface area contributed by atoms with Gasteiger partial charge in [0, 0.05) is 49.8 Å². The van der Waals surface area contributed by atoms with Crippen LogP contribution in [0.4, 0.5) is 0 Å². The van der Waals surface area contributed by atoms with Crippen molar-refractivity contribution >= 4 is 11.8 Å². The molecular formula is C19H25N3O2. The van der Waals surface area contributed by atoms with Crippen molar-refractivity contribution in [1.82, 2.24) is 15.1 Å². The third-order valence-electron chi connectivity index (χ3n) is 5.74. The van der Waals surface area contributed by atoms with E-state index in [0.717, 1.165) is 51.1 Å². The lowest BCUT2D eigenvalue weighted by Crippen LogP contribution is -2.35. The van der Waals surface area contributed by atoms with Gasteiger partial charge in [-0.2, -0.15) is 0 Å². The Hall–Kier alpha value is -1.88. The number of amides is 2. The van der Waals surface area contributed by atoms with Gasteiger partial charge in [0.15, 0.2) is 0 Å². The molecule has 3 aliphatic heterocycles. The van der Waals surface area contributed by atoms with Crippen molar-refractivity contribution in [3.8, 4) is 0 Å². The van der Waals surface area contributed by atoms with Gasteiger partial charge in [-0.25, -0.2) is 0 Å². The Morgan fingerprint density at radius 2 is 1.96 bits per heavy atom. The SMILES string of the molecule is CN1C[C@@H]2CNC(=O)c3cc(C(=O)N4CCCCC4)ccc3[C@H]2C1. The van der Waals surface area contributed by atoms with Crippen LogP contribution >= 0.6 is 0 Å². The molecule has 24 heavy (non-hydrogen) atoms. The highest BCUT2D eigenvalue weighted by Gasteiger charge is 2.37. The van der Waals surface area contributed by atoms with Crippen molar-refractivity contribution in [1.29, 1.82) is 0 Å². The van der Waals surface area contributed by atoms with E-state index < -0.39 is 0 Å². The summed E-state index contributed by atoms with van der Waals surface area (Å²) in [6.45, 7) is 4.37. The Bertz CT molecular complexity index is 667. The van der Waals surface area contributed by atoms with Crippen molar-refractivity contribution in [3.05, 3.63) is 34.9 Å². The molecule has 0 aromatic heterocycles. The van der Waals surface area contributed by atoms with E-state index in [2.05, 4.69) is 17.3 Å². The molecule has 1 N–H and O–H groups in total. The molecule has 5 heteroatoms. The van der Waals surface area contributed by atoms with E-state index in [4.69, 9.17) is 0 Å². The van der Waals surface area contributed by atoms with Gasteiger partial charge in [0.05, 0.1) is 0 Å². The Kier molecular flexibility index (Phi) is 4.04. The fourth-order valence-electron chi connectivity index (χ4n) is 4.45. The van der Waals surface area contributed by atoms with Crippen LogP contribution in [-0.2, 0) is 0 Å². The number of hydrogen-bond acceptors (Lipinski definition) is 3. The molecule has 2 atom stereocenters. The Labute approximate surface area is 143 Å². The number of carbonyl (C=O) groups excluding carboxylic acids is 2. The van der Waals surface area contributed by atoms with Crippen LogP contribution in [0.3, 0.4) is 0 Å². The fraction of sp³-hybridized carbons (Fsp3) is 0.579. The van der Waals surface area contributed by atoms with E-state index in [9.17, 15) is 9.59 Å². The van der Waals surface area contributed by atoms with Gasteiger partial charge in [0.1, 0.15) is 0 Å². The molecule has 3 aliphatic rings. The van der Waals surface area contributed by atoms with Crippen molar-refractivity contribution in [2.24, 2.45) is 5.92 Å². The van der Waals surface area contributed by atoms with E-state index in [1.54, 1.807) is 0 Å². The van der Waals surface area contributed by atoms with Gasteiger partial charge >= 0.3 is 0 Å². The minimum Gasteiger partial charge on any atom is -0.352 e. The Balaban J connectivity index is 1.66. The highest BCUT2D eigenvalue weighted by molar-refractivity contribution is 6.01. The second kappa shape index (κ2) is 6.20. The van der Waals surface area contributed by atoms with Crippen LogP contribution in [0.25, 0.3) is 0 Å². The monoisotopic (exact) mass is 327 g/mol. The van der Waals surface area contributed by atoms with Crippen LogP contribution < -0.4 is 5.32 Å². The average Bonchev–Trinajstić information content (AvgIpc) is 2.94. The Morgan fingerprint density at radius 3 is 2.75 bits per heavy atom. The number of carbonyl (C=O) groups is 2. The second-order valence-electron chi connectivity index (χ2n) is 7.45. The molecule has 1 aromatic carbocycles. The standard InChI is InChI=1S/C19H25N3O2/c1-21-11-14-10-20-18(23)16-9-13(5-6-15(16)17(14)12-21)19(24)22-7-3-2-4-8-22/h5-6,9,14,17H,2-4,7-8,10-12H2,1H3,(H,20,23)/t14-,17-/m0/s1. The summed E-state index contributed by atoms with van der Waals surface area (Å²) in [5.41, 5.74) is 2.45. The summed E-state index contributed by atoms with van der Waals surface area (Å²) >= 11 is 0. The zero-order chi connectivity index (χ0) is 16.7. The van der Waals surface area contributed by atoms with Crippen LogP contribution in [0.2, 0.25) is 0 Å². The smallest absolute Gasteiger partial charge is 0.253 e. The van der Waals surface area contributed by atoms with Gasteiger partial charge in [-0.15, -0.1) is 0 Å². The average molecular weight is 327 g/mol. The van der Waals surface area contributed by atoms with Crippen molar-refractivity contribution in [3.63, 3.8) is 0 Å². The second-order valence-corrected chi connectivity index (χ2v) is 7.45. The molecule has 2 saturated heterocycles. The van der Waals surface area contributed by atoms with Gasteiger partial charge in [-0.3, -0.25) is 9.59 Å². The molecule has 0 saturated carbocycles. The molecular weight excluding hydrogens is 302 g/mol. The molecule has 2 amide bonds. The zero-order valence-corrected chi connectivity index (χ0v) is 14.3. The predicted molar refractivity (Wildman–Crippen MR) is 92.3 cm³/mol. The minimum absolute atomic E-state index is 0.0321. The van der Waals surface area contributed by atoms with Crippen molar-refractivity contribution in [2.45, 2.75) is 25.2 Å². The number of fused-ring (bicyclic) bond motifs is 3. The summed E-state index contributed by atoms with van der Waals surface area (Å²) in [5.74, 6) is 0.872. The first kappa shape index (κ1) is 15.6. The minimum atomic E-state index is -0.0321. The first-order chi connectivity index (χ1) is 11.6. The molecule has 0 aliphatic carbocycles. The van der Waals surface area contributed by atoms with Crippen LogP contribution in [-0.4, -0.2) is 61.4 Å². The molecule has 2 fully saturated rings. The molecule has 0 radical (unpaired) electrons. The van der Waals surface area contributed by atoms with Crippen molar-refractivity contribution in [2.75, 3.05) is 39.8 Å². The fourth-order valence-corrected chi connectivity index (χ4v) is 4.45. The summed E-state index contributed by atoms with van der Waals surface area (Å²) in [6, 6.07) is 5.76. The summed E-state index contributed by atoms with van der Waals surface area (Å²) in [6.07, 6.45) is 3.35. The van der Waals surface area contributed by atoms with Crippen LogP contribution in [0, 0.1) is 5.92 Å². The lowest BCUT2D eigenvalue weighted by molar-refractivity contribution is 0.0724. The third-order valence-corrected chi connectivity index (χ3v) is 5.74. The van der Waals surface area contributed by atoms with E-state index >= 15 is 0 Å². The van der Waals surface area contributed by atoms with E-state index in [0.29, 0.717) is 23.0 Å². The molecule has 5 nitrogen and oxygen atoms in total. The molecule has 4 rings (SSSR count). The summed E-state index contributed by atoms with van der Waals surface area (Å²) in [4.78, 5) is 29.5. The molecule has 128 valence electrons. The van der Waals surface area contributed by atoms with E-state index in [1.807, 2.05) is 23.1 Å². The normalized spacial score (nSPS) is 27.2. The van der Waals surface area contributed by atoms with Crippen LogP contribution in [0.1, 0.15) is 51.5 Å². The lowest BCUT2D eigenvalue weighted by atomic mass is 9.86. The summed E-state index contributed by atoms with van der Waals surface area (Å²) in [7, 11) is 2.13. The number of nitrogens with zero attached hydrogens (tertiary/aromatic N) is 2. The van der Waals surface area contributed by atoms with Gasteiger partial charge < -0.3 is 15.1 Å². The summed E-state index contributed by atoms with van der Waals surface area (Å²) in [5, 5.41) is 3.05. The summed E-state index contributed by atoms with van der Waals surface area (Å²) < 4.78 is 0. The zero-order valence-electron chi connectivity index (χ0n) is 14.3. The Morgan fingerprint density at radius 1 is 1.17 bits per heavy atom. The highest BCUT2D eigenvalue weighted by Crippen LogP contribution is 2.36. The molecule has 3 heterocycles. The maximum Gasteiger partial charge on any atom is 0.253 e. The van der Waals surface area contributed by atoms with Gasteiger partial charge in [0.2, 0.25) is 0 Å². The molecule has 0 spiro atoms. The van der Waals surface area contributed by atoms with E-state index in [-0.39, 0.29) is 11.8 Å². The van der Waals surface area contributed by atoms with Crippen LogP contribution in [0.5, 0.6) is 0 Å². The van der Waals surface area contributed by atoms with Crippen LogP contribution in [0.15, 0.2) is 18.2 Å². The van der Waals surface area contributed by atoms with Gasteiger partial charge in [0.25, 0.3) is 11.8 Å². The van der Waals surface area contributed by atoms with Gasteiger partial charge in [-0.05, 0) is 49.9 Å². The first-order valence-corrected chi connectivity index (χ1v) is 9.03. The highest BCUT2D eigenvalue weighted by atomic mass is 16.2. The molecule has 1 aromatic rings. The number of likely N-dealkylation sites (tertiary alicyclic amines) is 2. The quantitative estimate of drug-likeness (QED) is 0.854. The topological polar surface area (TPSA) is 52.7 Å². The van der Waals surface area contributed by atoms with Crippen molar-refractivity contribution < 1.29 is 9.59 Å². The molecule has 0 unspecified atom stereocenters. The number of rotatable bonds is 1. The number of benzene rings is 1. The van der Waals surface area contributed by atoms with E-state index in [1.165, 1.54) is 6.42 Å². The number of piperidine rings is 1. The first-order valence-electron chi connectivity index (χ1n) is 9.03. The maximum absolute atomic E-state index is 12.7. The van der Waals surface area contributed by atoms with Gasteiger partial charge in [-0.1, -0.05) is 6.07 Å². The molecule has 0 bridgehead atoms. The number of likely N-dealkylation sites (N-methyl/N-ethyl adjacent to an activating group) is 1. The number of nitrogens with one attached hydrogen (secondary N) is 1. The third kappa shape index (κ3) is 2.71.